The number of aromatic nitrogens is 2. The van der Waals surface area contributed by atoms with Crippen molar-refractivity contribution in [1.29, 1.82) is 0 Å². The fourth-order valence-corrected chi connectivity index (χ4v) is 4.26. The molecule has 10 heteroatoms. The highest BCUT2D eigenvalue weighted by Crippen LogP contribution is 2.29. The summed E-state index contributed by atoms with van der Waals surface area (Å²) in [7, 11) is 1.00. The molecule has 1 aliphatic rings. The number of aryl methyl sites for hydroxylation is 1. The lowest BCUT2D eigenvalue weighted by molar-refractivity contribution is 0.184. The predicted octanol–water partition coefficient (Wildman–Crippen LogP) is 2.81. The normalized spacial score (nSPS) is 15.6. The van der Waals surface area contributed by atoms with Crippen LogP contribution in [0.3, 0.4) is 0 Å². The van der Waals surface area contributed by atoms with Crippen LogP contribution in [0.2, 0.25) is 0 Å². The zero-order valence-electron chi connectivity index (χ0n) is 18.5. The molecule has 3 heterocycles. The van der Waals surface area contributed by atoms with Crippen LogP contribution in [0.5, 0.6) is 5.75 Å². The van der Waals surface area contributed by atoms with Gasteiger partial charge in [-0.15, -0.1) is 0 Å². The average molecular weight is 462 g/mol. The third-order valence-corrected chi connectivity index (χ3v) is 5.97. The fourth-order valence-electron chi connectivity index (χ4n) is 3.46. The number of aromatic hydroxyl groups is 1. The maximum absolute atomic E-state index is 12.8. The number of nitrogens with zero attached hydrogens (tertiary/aromatic N) is 4. The van der Waals surface area contributed by atoms with Crippen molar-refractivity contribution >= 4 is 40.5 Å². The molecular weight excluding hydrogens is 430 g/mol. The van der Waals surface area contributed by atoms with Crippen LogP contribution in [0.15, 0.2) is 25.4 Å². The van der Waals surface area contributed by atoms with Gasteiger partial charge in [0.25, 0.3) is 0 Å². The maximum atomic E-state index is 12.8. The number of anilines is 2. The molecule has 1 fully saturated rings. The summed E-state index contributed by atoms with van der Waals surface area (Å²) in [5.41, 5.74) is 1.59. The van der Waals surface area contributed by atoms with Crippen LogP contribution in [-0.4, -0.2) is 75.6 Å². The largest absolute Gasteiger partial charge is 0.504 e. The van der Waals surface area contributed by atoms with Crippen LogP contribution >= 0.6 is 11.3 Å². The zero-order valence-corrected chi connectivity index (χ0v) is 19.3. The number of hydrogen-bond acceptors (Lipinski definition) is 8. The van der Waals surface area contributed by atoms with Gasteiger partial charge in [-0.05, 0) is 43.5 Å². The molecule has 0 bridgehead atoms. The minimum atomic E-state index is -0.210. The smallest absolute Gasteiger partial charge is 0.324 e. The number of carbonyl (C=O) groups excluding carboxylic acids is 1. The molecule has 1 saturated heterocycles. The van der Waals surface area contributed by atoms with Crippen molar-refractivity contribution in [1.82, 2.24) is 14.9 Å². The number of nitrogens with one attached hydrogen (secondary N) is 1. The summed E-state index contributed by atoms with van der Waals surface area (Å²) in [5.74, 6) is 0.632. The highest BCUT2D eigenvalue weighted by molar-refractivity contribution is 7.16. The zero-order chi connectivity index (χ0) is 23.7. The van der Waals surface area contributed by atoms with E-state index >= 15 is 0 Å². The van der Waals surface area contributed by atoms with Crippen LogP contribution in [0.1, 0.15) is 29.5 Å². The lowest BCUT2D eigenvalue weighted by Crippen LogP contribution is -2.55. The molecule has 1 aliphatic heterocycles. The molecule has 0 spiro atoms. The summed E-state index contributed by atoms with van der Waals surface area (Å²) < 4.78 is 0. The first-order valence-electron chi connectivity index (χ1n) is 10.3. The Balaban J connectivity index is 0.00000176. The predicted molar refractivity (Wildman–Crippen MR) is 129 cm³/mol. The number of hydrogen-bond donors (Lipinski definition) is 4. The number of thiazole rings is 1. The van der Waals surface area contributed by atoms with E-state index in [2.05, 4.69) is 28.4 Å². The van der Waals surface area contributed by atoms with Crippen molar-refractivity contribution in [3.05, 3.63) is 41.6 Å². The van der Waals surface area contributed by atoms with Gasteiger partial charge in [-0.3, -0.25) is 5.32 Å². The SMILES string of the molecule is C=Cc1nc(NC(=O)N2CCN(c3ncc(CCCO)cc3O)C[C@@H]2C)sc1C=C.CO. The van der Waals surface area contributed by atoms with E-state index in [0.29, 0.717) is 49.1 Å². The van der Waals surface area contributed by atoms with Gasteiger partial charge in [0.15, 0.2) is 16.7 Å². The Morgan fingerprint density at radius 3 is 2.66 bits per heavy atom. The van der Waals surface area contributed by atoms with Crippen molar-refractivity contribution in [2.24, 2.45) is 0 Å². The number of pyridine rings is 1. The van der Waals surface area contributed by atoms with E-state index in [1.807, 2.05) is 11.8 Å². The number of rotatable bonds is 7. The van der Waals surface area contributed by atoms with Gasteiger partial charge in [0.2, 0.25) is 0 Å². The Morgan fingerprint density at radius 1 is 1.34 bits per heavy atom. The van der Waals surface area contributed by atoms with E-state index in [4.69, 9.17) is 10.2 Å². The third-order valence-electron chi connectivity index (χ3n) is 4.99. The average Bonchev–Trinajstić information content (AvgIpc) is 3.20. The van der Waals surface area contributed by atoms with E-state index in [1.165, 1.54) is 11.3 Å². The second-order valence-corrected chi connectivity index (χ2v) is 8.14. The molecule has 2 aromatic heterocycles. The van der Waals surface area contributed by atoms with Crippen LogP contribution in [0.25, 0.3) is 12.2 Å². The third kappa shape index (κ3) is 6.06. The minimum Gasteiger partial charge on any atom is -0.504 e. The first-order valence-corrected chi connectivity index (χ1v) is 11.1. The molecule has 0 unspecified atom stereocenters. The van der Waals surface area contributed by atoms with Crippen LogP contribution in [0.4, 0.5) is 15.7 Å². The molecule has 0 aromatic carbocycles. The van der Waals surface area contributed by atoms with Gasteiger partial charge in [-0.25, -0.2) is 14.8 Å². The van der Waals surface area contributed by atoms with Gasteiger partial charge in [0.1, 0.15) is 0 Å². The fraction of sp³-hybridized carbons (Fsp3) is 0.409. The Hall–Kier alpha value is -2.95. The van der Waals surface area contributed by atoms with Gasteiger partial charge in [-0.2, -0.15) is 0 Å². The molecule has 9 nitrogen and oxygen atoms in total. The van der Waals surface area contributed by atoms with E-state index in [-0.39, 0.29) is 24.4 Å². The van der Waals surface area contributed by atoms with Crippen molar-refractivity contribution in [3.8, 4) is 5.75 Å². The molecule has 174 valence electrons. The van der Waals surface area contributed by atoms with Crippen molar-refractivity contribution in [3.63, 3.8) is 0 Å². The van der Waals surface area contributed by atoms with Gasteiger partial charge in [0.05, 0.1) is 10.6 Å². The molecule has 1 atom stereocenters. The molecule has 2 aromatic rings. The minimum absolute atomic E-state index is 0.0771. The summed E-state index contributed by atoms with van der Waals surface area (Å²) in [6.07, 6.45) is 6.36. The molecule has 2 amide bonds. The van der Waals surface area contributed by atoms with Crippen molar-refractivity contribution in [2.75, 3.05) is 43.6 Å². The van der Waals surface area contributed by atoms with Gasteiger partial charge in [-0.1, -0.05) is 24.5 Å². The lowest BCUT2D eigenvalue weighted by Gasteiger charge is -2.40. The van der Waals surface area contributed by atoms with Gasteiger partial charge < -0.3 is 25.1 Å². The quantitative estimate of drug-likeness (QED) is 0.500. The Labute approximate surface area is 192 Å². The second-order valence-electron chi connectivity index (χ2n) is 7.11. The Morgan fingerprint density at radius 2 is 2.09 bits per heavy atom. The van der Waals surface area contributed by atoms with E-state index in [0.717, 1.165) is 17.6 Å². The highest BCUT2D eigenvalue weighted by Gasteiger charge is 2.29. The molecule has 4 N–H and O–H groups in total. The monoisotopic (exact) mass is 461 g/mol. The number of aliphatic hydroxyl groups excluding tert-OH is 2. The number of amides is 2. The summed E-state index contributed by atoms with van der Waals surface area (Å²) in [6, 6.07) is 1.41. The molecule has 0 saturated carbocycles. The Bertz CT molecular complexity index is 908. The topological polar surface area (TPSA) is 122 Å². The van der Waals surface area contributed by atoms with E-state index in [9.17, 15) is 9.90 Å². The summed E-state index contributed by atoms with van der Waals surface area (Å²) in [5, 5.41) is 29.7. The number of carbonyl (C=O) groups is 1. The first-order chi connectivity index (χ1) is 15.5. The standard InChI is InChI=1S/C21H27N5O3S.CH4O/c1-4-16-18(5-2)30-20(23-16)24-21(29)26-9-8-25(13-14(26)3)19-17(28)11-15(12-22-19)7-6-10-27;1-2/h4-5,11-12,14,27-28H,1-2,6-10,13H2,3H3,(H,23,24,29);2H,1H3/t14-;/m0./s1. The van der Waals surface area contributed by atoms with Gasteiger partial charge in [0, 0.05) is 45.6 Å². The second kappa shape index (κ2) is 12.2. The number of piperazine rings is 1. The highest BCUT2D eigenvalue weighted by atomic mass is 32.1. The number of aliphatic hydroxyl groups is 2. The maximum Gasteiger partial charge on any atom is 0.324 e. The lowest BCUT2D eigenvalue weighted by atomic mass is 10.1. The first kappa shape index (κ1) is 25.3. The van der Waals surface area contributed by atoms with Crippen LogP contribution < -0.4 is 10.2 Å². The van der Waals surface area contributed by atoms with Crippen molar-refractivity contribution in [2.45, 2.75) is 25.8 Å². The summed E-state index contributed by atoms with van der Waals surface area (Å²) in [4.78, 5) is 26.1. The van der Waals surface area contributed by atoms with Gasteiger partial charge >= 0.3 is 6.03 Å². The molecule has 32 heavy (non-hydrogen) atoms. The molecule has 0 radical (unpaired) electrons. The van der Waals surface area contributed by atoms with Crippen molar-refractivity contribution < 1.29 is 20.1 Å². The van der Waals surface area contributed by atoms with E-state index < -0.39 is 0 Å². The molecule has 3 rings (SSSR count). The molecule has 0 aliphatic carbocycles. The summed E-state index contributed by atoms with van der Waals surface area (Å²) >= 11 is 1.36. The Kier molecular flexibility index (Phi) is 9.63. The van der Waals surface area contributed by atoms with Crippen LogP contribution in [-0.2, 0) is 6.42 Å². The molecular formula is C22H31N5O4S. The summed E-state index contributed by atoms with van der Waals surface area (Å²) in [6.45, 7) is 11.2. The van der Waals surface area contributed by atoms with E-state index in [1.54, 1.807) is 29.3 Å². The van der Waals surface area contributed by atoms with Crippen LogP contribution in [0, 0.1) is 0 Å². The number of urea groups is 1.